The van der Waals surface area contributed by atoms with E-state index in [0.29, 0.717) is 6.42 Å². The number of carboxylic acid groups (broad SMARTS) is 2. The maximum Gasteiger partial charge on any atom is 0.343 e. The van der Waals surface area contributed by atoms with Crippen molar-refractivity contribution in [3.63, 3.8) is 0 Å². The number of thiocarbonyl (C=S) groups is 1. The maximum absolute atomic E-state index is 11.3. The lowest BCUT2D eigenvalue weighted by Crippen LogP contribution is -2.33. The first-order valence-electron chi connectivity index (χ1n) is 10.9. The first-order valence-corrected chi connectivity index (χ1v) is 11.3. The van der Waals surface area contributed by atoms with Crippen LogP contribution in [0.2, 0.25) is 0 Å². The molecule has 0 amide bonds. The average molecular weight is 401 g/mol. The zero-order valence-corrected chi connectivity index (χ0v) is 18.2. The fraction of sp³-hybridized carbons (Fsp3) is 0.864. The maximum atomic E-state index is 11.3. The molecule has 5 heteroatoms. The molecule has 27 heavy (non-hydrogen) atoms. The molecule has 0 rings (SSSR count). The first kappa shape index (κ1) is 26.0. The smallest absolute Gasteiger partial charge is 0.343 e. The molecular formula is C22H40O4S. The quantitative estimate of drug-likeness (QED) is 0.187. The minimum absolute atomic E-state index is 0.233. The van der Waals surface area contributed by atoms with Crippen molar-refractivity contribution in [3.8, 4) is 0 Å². The molecule has 2 unspecified atom stereocenters. The van der Waals surface area contributed by atoms with Gasteiger partial charge >= 0.3 is 11.9 Å². The minimum atomic E-state index is -1.29. The van der Waals surface area contributed by atoms with Crippen LogP contribution in [0.25, 0.3) is 0 Å². The van der Waals surface area contributed by atoms with E-state index in [-0.39, 0.29) is 10.8 Å². The van der Waals surface area contributed by atoms with Gasteiger partial charge in [0.25, 0.3) is 0 Å². The Morgan fingerprint density at radius 3 is 1.44 bits per heavy atom. The normalized spacial score (nSPS) is 13.3. The van der Waals surface area contributed by atoms with E-state index in [4.69, 9.17) is 17.3 Å². The lowest BCUT2D eigenvalue weighted by Gasteiger charge is -2.19. The van der Waals surface area contributed by atoms with Gasteiger partial charge in [0.15, 0.2) is 0 Å². The predicted octanol–water partition coefficient (Wildman–Crippen LogP) is 6.65. The summed E-state index contributed by atoms with van der Waals surface area (Å²) in [6.45, 7) is 4.04. The Balaban J connectivity index is 3.59. The largest absolute Gasteiger partial charge is 0.481 e. The Morgan fingerprint density at radius 1 is 0.741 bits per heavy atom. The third-order valence-electron chi connectivity index (χ3n) is 5.34. The molecule has 0 aromatic heterocycles. The van der Waals surface area contributed by atoms with Gasteiger partial charge in [0.1, 0.15) is 10.8 Å². The second kappa shape index (κ2) is 17.2. The van der Waals surface area contributed by atoms with Crippen molar-refractivity contribution in [1.29, 1.82) is 0 Å². The number of hydrogen-bond acceptors (Lipinski definition) is 3. The van der Waals surface area contributed by atoms with Crippen molar-refractivity contribution in [2.75, 3.05) is 0 Å². The van der Waals surface area contributed by atoms with Crippen LogP contribution in [0.5, 0.6) is 0 Å². The zero-order valence-electron chi connectivity index (χ0n) is 17.4. The van der Waals surface area contributed by atoms with Gasteiger partial charge in [0.05, 0.1) is 0 Å². The van der Waals surface area contributed by atoms with Crippen LogP contribution < -0.4 is 0 Å². The fourth-order valence-electron chi connectivity index (χ4n) is 3.57. The molecule has 2 N–H and O–H groups in total. The van der Waals surface area contributed by atoms with Crippen molar-refractivity contribution in [3.05, 3.63) is 0 Å². The van der Waals surface area contributed by atoms with Gasteiger partial charge < -0.3 is 10.2 Å². The fourth-order valence-corrected chi connectivity index (χ4v) is 3.91. The van der Waals surface area contributed by atoms with E-state index in [1.165, 1.54) is 77.0 Å². The summed E-state index contributed by atoms with van der Waals surface area (Å²) in [6, 6.07) is 0. The molecule has 0 heterocycles. The van der Waals surface area contributed by atoms with Gasteiger partial charge in [-0.25, -0.2) is 4.79 Å². The van der Waals surface area contributed by atoms with Crippen LogP contribution in [0.4, 0.5) is 0 Å². The van der Waals surface area contributed by atoms with Crippen LogP contribution in [-0.2, 0) is 9.59 Å². The van der Waals surface area contributed by atoms with Crippen molar-refractivity contribution < 1.29 is 19.8 Å². The molecule has 0 aliphatic rings. The summed E-state index contributed by atoms with van der Waals surface area (Å²) in [7, 11) is 0. The number of unbranched alkanes of at least 4 members (excludes halogenated alkanes) is 13. The van der Waals surface area contributed by atoms with Crippen LogP contribution in [0, 0.1) is 11.8 Å². The molecular weight excluding hydrogens is 360 g/mol. The molecule has 0 aliphatic heterocycles. The molecule has 0 saturated carbocycles. The molecule has 0 fully saturated rings. The second-order valence-corrected chi connectivity index (χ2v) is 8.29. The molecule has 0 spiro atoms. The molecule has 0 bridgehead atoms. The standard InChI is InChI=1S/C22H40O4S/c1-3-4-5-6-7-8-9-10-11-12-13-14-15-16-17-18(2)19(21(23)24)20(27)22(25)26/h18-19H,3-17H2,1-2H3,(H,23,24)(H,25,26). The van der Waals surface area contributed by atoms with Crippen LogP contribution in [0.15, 0.2) is 0 Å². The van der Waals surface area contributed by atoms with Gasteiger partial charge in [-0.15, -0.1) is 0 Å². The molecule has 0 radical (unpaired) electrons. The summed E-state index contributed by atoms with van der Waals surface area (Å²) in [4.78, 5) is 21.9. The van der Waals surface area contributed by atoms with E-state index >= 15 is 0 Å². The van der Waals surface area contributed by atoms with Gasteiger partial charge in [-0.1, -0.05) is 116 Å². The average Bonchev–Trinajstić information content (AvgIpc) is 2.61. The Kier molecular flexibility index (Phi) is 16.5. The van der Waals surface area contributed by atoms with Gasteiger partial charge in [-0.05, 0) is 12.3 Å². The Bertz CT molecular complexity index is 423. The number of carbonyl (C=O) groups is 2. The molecule has 0 aliphatic carbocycles. The van der Waals surface area contributed by atoms with E-state index in [1.54, 1.807) is 6.92 Å². The summed E-state index contributed by atoms with van der Waals surface area (Å²) in [5.74, 6) is -3.70. The van der Waals surface area contributed by atoms with Crippen LogP contribution in [0.1, 0.15) is 110 Å². The Labute approximate surface area is 171 Å². The topological polar surface area (TPSA) is 74.6 Å². The summed E-state index contributed by atoms with van der Waals surface area (Å²) >= 11 is 4.78. The molecule has 0 aromatic rings. The number of rotatable bonds is 19. The van der Waals surface area contributed by atoms with Crippen LogP contribution in [-0.4, -0.2) is 27.0 Å². The zero-order chi connectivity index (χ0) is 20.5. The molecule has 0 saturated heterocycles. The lowest BCUT2D eigenvalue weighted by molar-refractivity contribution is -0.142. The van der Waals surface area contributed by atoms with Crippen LogP contribution in [0.3, 0.4) is 0 Å². The summed E-state index contributed by atoms with van der Waals surface area (Å²) < 4.78 is 0. The van der Waals surface area contributed by atoms with Crippen molar-refractivity contribution >= 4 is 29.0 Å². The Morgan fingerprint density at radius 2 is 1.11 bits per heavy atom. The highest BCUT2D eigenvalue weighted by atomic mass is 32.1. The molecule has 2 atom stereocenters. The summed E-state index contributed by atoms with van der Waals surface area (Å²) in [5.41, 5.74) is 0. The first-order chi connectivity index (χ1) is 12.9. The van der Waals surface area contributed by atoms with E-state index in [2.05, 4.69) is 6.92 Å². The lowest BCUT2D eigenvalue weighted by atomic mass is 9.86. The van der Waals surface area contributed by atoms with Crippen LogP contribution >= 0.6 is 12.2 Å². The molecule has 0 aromatic carbocycles. The third-order valence-corrected chi connectivity index (χ3v) is 5.77. The third kappa shape index (κ3) is 13.8. The summed E-state index contributed by atoms with van der Waals surface area (Å²) in [6.07, 6.45) is 18.7. The van der Waals surface area contributed by atoms with Gasteiger partial charge in [0, 0.05) is 0 Å². The highest BCUT2D eigenvalue weighted by molar-refractivity contribution is 7.82. The number of carboxylic acids is 2. The van der Waals surface area contributed by atoms with Crippen molar-refractivity contribution in [1.82, 2.24) is 0 Å². The highest BCUT2D eigenvalue weighted by Crippen LogP contribution is 2.22. The minimum Gasteiger partial charge on any atom is -0.481 e. The van der Waals surface area contributed by atoms with E-state index in [0.717, 1.165) is 12.8 Å². The van der Waals surface area contributed by atoms with E-state index in [1.807, 2.05) is 0 Å². The SMILES string of the molecule is CCCCCCCCCCCCCCCCC(C)C(C(=O)O)C(=S)C(=O)O. The monoisotopic (exact) mass is 400 g/mol. The number of aliphatic carboxylic acids is 2. The second-order valence-electron chi connectivity index (χ2n) is 7.85. The van der Waals surface area contributed by atoms with Crippen molar-refractivity contribution in [2.24, 2.45) is 11.8 Å². The van der Waals surface area contributed by atoms with E-state index < -0.39 is 17.9 Å². The van der Waals surface area contributed by atoms with Gasteiger partial charge in [-0.2, -0.15) is 0 Å². The van der Waals surface area contributed by atoms with E-state index in [9.17, 15) is 14.7 Å². The Hall–Kier alpha value is -0.970. The summed E-state index contributed by atoms with van der Waals surface area (Å²) in [5, 5.41) is 18.2. The van der Waals surface area contributed by atoms with Gasteiger partial charge in [-0.3, -0.25) is 4.79 Å². The van der Waals surface area contributed by atoms with Gasteiger partial charge in [0.2, 0.25) is 0 Å². The molecule has 158 valence electrons. The molecule has 4 nitrogen and oxygen atoms in total. The highest BCUT2D eigenvalue weighted by Gasteiger charge is 2.32. The van der Waals surface area contributed by atoms with Crippen molar-refractivity contribution in [2.45, 2.75) is 110 Å². The predicted molar refractivity (Wildman–Crippen MR) is 115 cm³/mol. The number of hydrogen-bond donors (Lipinski definition) is 2.